The zero-order valence-electron chi connectivity index (χ0n) is 10.8. The lowest BCUT2D eigenvalue weighted by Gasteiger charge is -2.19. The normalized spacial score (nSPS) is 17.6. The van der Waals surface area contributed by atoms with Crippen molar-refractivity contribution in [2.75, 3.05) is 18.5 Å². The minimum absolute atomic E-state index is 0.0521. The molecular weight excluding hydrogens is 266 g/mol. The highest BCUT2D eigenvalue weighted by atomic mass is 32.1. The third kappa shape index (κ3) is 3.23. The average molecular weight is 283 g/mol. The summed E-state index contributed by atoms with van der Waals surface area (Å²) in [6.07, 6.45) is 2.64. The number of thiazole rings is 1. The van der Waals surface area contributed by atoms with E-state index in [4.69, 9.17) is 10.5 Å². The fraction of sp³-hybridized carbons (Fsp3) is 0.583. The van der Waals surface area contributed by atoms with Crippen molar-refractivity contribution in [3.8, 4) is 0 Å². The van der Waals surface area contributed by atoms with Gasteiger partial charge in [-0.1, -0.05) is 0 Å². The van der Waals surface area contributed by atoms with Crippen LogP contribution in [0.1, 0.15) is 36.3 Å². The fourth-order valence-corrected chi connectivity index (χ4v) is 3.19. The number of nitrogens with one attached hydrogen (secondary N) is 1. The van der Waals surface area contributed by atoms with Crippen LogP contribution in [0.15, 0.2) is 0 Å². The molecule has 1 aliphatic carbocycles. The van der Waals surface area contributed by atoms with Crippen LogP contribution in [0, 0.1) is 0 Å². The van der Waals surface area contributed by atoms with Gasteiger partial charge in [-0.15, -0.1) is 11.3 Å². The van der Waals surface area contributed by atoms with Crippen molar-refractivity contribution in [3.05, 3.63) is 10.6 Å². The van der Waals surface area contributed by atoms with Gasteiger partial charge in [-0.3, -0.25) is 9.59 Å². The highest BCUT2D eigenvalue weighted by Crippen LogP contribution is 2.37. The summed E-state index contributed by atoms with van der Waals surface area (Å²) < 4.78 is 5.08. The topological polar surface area (TPSA) is 94.3 Å². The largest absolute Gasteiger partial charge is 0.465 e. The predicted molar refractivity (Wildman–Crippen MR) is 72.1 cm³/mol. The molecule has 1 unspecified atom stereocenters. The van der Waals surface area contributed by atoms with Crippen LogP contribution in [0.4, 0.5) is 5.13 Å². The first kappa shape index (κ1) is 13.8. The Kier molecular flexibility index (Phi) is 4.36. The Morgan fingerprint density at radius 3 is 3.05 bits per heavy atom. The molecule has 0 saturated heterocycles. The standard InChI is InChI=1S/C12H17N3O3S/c1-2-18-11(17)7-4-3-5-8-10(7)15-12(19-8)14-6-9(13)16/h7H,2-6H2,1H3,(H2,13,16)(H,14,15). The zero-order valence-corrected chi connectivity index (χ0v) is 11.6. The van der Waals surface area contributed by atoms with E-state index in [0.717, 1.165) is 29.8 Å². The van der Waals surface area contributed by atoms with Gasteiger partial charge in [0.05, 0.1) is 18.8 Å². The Hall–Kier alpha value is -1.63. The number of hydrogen-bond donors (Lipinski definition) is 2. The smallest absolute Gasteiger partial charge is 0.315 e. The summed E-state index contributed by atoms with van der Waals surface area (Å²) >= 11 is 1.48. The van der Waals surface area contributed by atoms with E-state index in [0.29, 0.717) is 11.7 Å². The van der Waals surface area contributed by atoms with Crippen LogP contribution in [0.5, 0.6) is 0 Å². The number of primary amides is 1. The first-order chi connectivity index (χ1) is 9.11. The maximum absolute atomic E-state index is 11.9. The van der Waals surface area contributed by atoms with Crippen LogP contribution in [0.25, 0.3) is 0 Å². The molecule has 1 amide bonds. The monoisotopic (exact) mass is 283 g/mol. The van der Waals surface area contributed by atoms with E-state index in [1.54, 1.807) is 6.92 Å². The number of carbonyl (C=O) groups excluding carboxylic acids is 2. The number of aryl methyl sites for hydroxylation is 1. The quantitative estimate of drug-likeness (QED) is 0.787. The molecule has 104 valence electrons. The molecule has 1 heterocycles. The van der Waals surface area contributed by atoms with Gasteiger partial charge in [-0.05, 0) is 26.2 Å². The van der Waals surface area contributed by atoms with Gasteiger partial charge in [-0.25, -0.2) is 4.98 Å². The van der Waals surface area contributed by atoms with Crippen molar-refractivity contribution in [1.29, 1.82) is 0 Å². The summed E-state index contributed by atoms with van der Waals surface area (Å²) in [6.45, 7) is 2.22. The Morgan fingerprint density at radius 2 is 2.37 bits per heavy atom. The van der Waals surface area contributed by atoms with E-state index < -0.39 is 5.91 Å². The van der Waals surface area contributed by atoms with E-state index in [1.165, 1.54) is 11.3 Å². The minimum atomic E-state index is -0.435. The van der Waals surface area contributed by atoms with Crippen molar-refractivity contribution in [2.45, 2.75) is 32.1 Å². The highest BCUT2D eigenvalue weighted by Gasteiger charge is 2.31. The maximum Gasteiger partial charge on any atom is 0.315 e. The Bertz CT molecular complexity index is 487. The van der Waals surface area contributed by atoms with Gasteiger partial charge in [0, 0.05) is 4.88 Å². The first-order valence-corrected chi connectivity index (χ1v) is 7.12. The molecule has 0 aliphatic heterocycles. The maximum atomic E-state index is 11.9. The van der Waals surface area contributed by atoms with Crippen molar-refractivity contribution in [3.63, 3.8) is 0 Å². The number of hydrogen-bond acceptors (Lipinski definition) is 6. The molecule has 0 aromatic carbocycles. The van der Waals surface area contributed by atoms with Crippen LogP contribution in [-0.2, 0) is 20.7 Å². The van der Waals surface area contributed by atoms with Crippen LogP contribution < -0.4 is 11.1 Å². The number of ether oxygens (including phenoxy) is 1. The molecule has 0 fully saturated rings. The van der Waals surface area contributed by atoms with Gasteiger partial charge in [0.25, 0.3) is 0 Å². The number of nitrogens with two attached hydrogens (primary N) is 1. The number of nitrogens with zero attached hydrogens (tertiary/aromatic N) is 1. The van der Waals surface area contributed by atoms with Gasteiger partial charge in [-0.2, -0.15) is 0 Å². The zero-order chi connectivity index (χ0) is 13.8. The van der Waals surface area contributed by atoms with Gasteiger partial charge in [0.2, 0.25) is 5.91 Å². The molecule has 0 saturated carbocycles. The van der Waals surface area contributed by atoms with Gasteiger partial charge in [0.15, 0.2) is 5.13 Å². The summed E-state index contributed by atoms with van der Waals surface area (Å²) in [6, 6.07) is 0. The van der Waals surface area contributed by atoms with Crippen molar-refractivity contribution < 1.29 is 14.3 Å². The second-order valence-electron chi connectivity index (χ2n) is 4.34. The molecule has 2 rings (SSSR count). The van der Waals surface area contributed by atoms with E-state index in [9.17, 15) is 9.59 Å². The molecule has 1 aromatic heterocycles. The van der Waals surface area contributed by atoms with Crippen LogP contribution in [0.2, 0.25) is 0 Å². The lowest BCUT2D eigenvalue weighted by atomic mass is 9.91. The van der Waals surface area contributed by atoms with E-state index >= 15 is 0 Å². The molecule has 6 nitrogen and oxygen atoms in total. The number of aromatic nitrogens is 1. The molecule has 0 radical (unpaired) electrons. The molecule has 7 heteroatoms. The number of carbonyl (C=O) groups is 2. The number of esters is 1. The molecule has 19 heavy (non-hydrogen) atoms. The SMILES string of the molecule is CCOC(=O)C1CCCc2sc(NCC(N)=O)nc21. The molecule has 1 aromatic rings. The van der Waals surface area contributed by atoms with Crippen molar-refractivity contribution in [1.82, 2.24) is 4.98 Å². The Labute approximate surface area is 115 Å². The molecule has 3 N–H and O–H groups in total. The molecule has 1 aliphatic rings. The van der Waals surface area contributed by atoms with Crippen molar-refractivity contribution in [2.24, 2.45) is 5.73 Å². The summed E-state index contributed by atoms with van der Waals surface area (Å²) in [7, 11) is 0. The number of anilines is 1. The van der Waals surface area contributed by atoms with E-state index in [1.807, 2.05) is 0 Å². The van der Waals surface area contributed by atoms with Crippen LogP contribution in [-0.4, -0.2) is 30.0 Å². The number of rotatable bonds is 5. The molecule has 0 bridgehead atoms. The Morgan fingerprint density at radius 1 is 1.58 bits per heavy atom. The predicted octanol–water partition coefficient (Wildman–Crippen LogP) is 1.02. The average Bonchev–Trinajstić information content (AvgIpc) is 2.79. The fourth-order valence-electron chi connectivity index (χ4n) is 2.13. The second-order valence-corrected chi connectivity index (χ2v) is 5.43. The molecule has 0 spiro atoms. The Balaban J connectivity index is 2.14. The molecule has 1 atom stereocenters. The lowest BCUT2D eigenvalue weighted by molar-refractivity contribution is -0.145. The van der Waals surface area contributed by atoms with Crippen LogP contribution in [0.3, 0.4) is 0 Å². The summed E-state index contributed by atoms with van der Waals surface area (Å²) in [4.78, 5) is 28.1. The minimum Gasteiger partial charge on any atom is -0.465 e. The van der Waals surface area contributed by atoms with Crippen molar-refractivity contribution >= 4 is 28.3 Å². The number of amides is 1. The summed E-state index contributed by atoms with van der Waals surface area (Å²) in [5.41, 5.74) is 5.87. The summed E-state index contributed by atoms with van der Waals surface area (Å²) in [5, 5.41) is 3.51. The summed E-state index contributed by atoms with van der Waals surface area (Å²) in [5.74, 6) is -0.922. The molecular formula is C12H17N3O3S. The third-order valence-corrected chi connectivity index (χ3v) is 4.03. The second kappa shape index (κ2) is 6.01. The van der Waals surface area contributed by atoms with E-state index in [2.05, 4.69) is 10.3 Å². The van der Waals surface area contributed by atoms with Gasteiger partial charge in [0.1, 0.15) is 5.92 Å². The van der Waals surface area contributed by atoms with Crippen LogP contribution >= 0.6 is 11.3 Å². The third-order valence-electron chi connectivity index (χ3n) is 2.94. The lowest BCUT2D eigenvalue weighted by Crippen LogP contribution is -2.22. The van der Waals surface area contributed by atoms with Gasteiger partial charge < -0.3 is 15.8 Å². The van der Waals surface area contributed by atoms with E-state index in [-0.39, 0.29) is 18.4 Å². The first-order valence-electron chi connectivity index (χ1n) is 6.30. The highest BCUT2D eigenvalue weighted by molar-refractivity contribution is 7.15. The number of fused-ring (bicyclic) bond motifs is 1. The van der Waals surface area contributed by atoms with Gasteiger partial charge >= 0.3 is 5.97 Å².